The van der Waals surface area contributed by atoms with Gasteiger partial charge in [-0.2, -0.15) is 0 Å². The van der Waals surface area contributed by atoms with Gasteiger partial charge < -0.3 is 14.6 Å². The molecular formula is C22H26O4. The summed E-state index contributed by atoms with van der Waals surface area (Å²) in [6.45, 7) is 9.93. The number of hydrogen-bond acceptors (Lipinski definition) is 4. The number of carbonyl (C=O) groups is 1. The van der Waals surface area contributed by atoms with Crippen molar-refractivity contribution < 1.29 is 19.4 Å². The molecule has 0 bridgehead atoms. The Balaban J connectivity index is 2.51. The van der Waals surface area contributed by atoms with Crippen LogP contribution in [0.2, 0.25) is 0 Å². The van der Waals surface area contributed by atoms with E-state index in [4.69, 9.17) is 9.47 Å². The van der Waals surface area contributed by atoms with Crippen LogP contribution in [0, 0.1) is 6.92 Å². The molecule has 2 aromatic rings. The highest BCUT2D eigenvalue weighted by molar-refractivity contribution is 6.10. The predicted octanol–water partition coefficient (Wildman–Crippen LogP) is 5.05. The number of Topliss-reactive ketones (excluding diaryl/α,β-unsaturated/α-hetero) is 1. The Morgan fingerprint density at radius 3 is 2.23 bits per heavy atom. The standard InChI is InChI=1S/C22H26O4/c1-11(2)14-8-13-9-16-15(10-17(23)21(24)22(16,4)5)12(3)18(13)20(26-7)19(14)25-6/h8-11,23H,1-7H3. The Labute approximate surface area is 154 Å². The molecule has 0 saturated carbocycles. The Morgan fingerprint density at radius 2 is 1.69 bits per heavy atom. The highest BCUT2D eigenvalue weighted by Crippen LogP contribution is 2.47. The van der Waals surface area contributed by atoms with Crippen LogP contribution in [0.5, 0.6) is 11.5 Å². The van der Waals surface area contributed by atoms with Crippen molar-refractivity contribution in [3.63, 3.8) is 0 Å². The van der Waals surface area contributed by atoms with Gasteiger partial charge in [0.15, 0.2) is 17.3 Å². The molecule has 1 aliphatic carbocycles. The third-order valence-electron chi connectivity index (χ3n) is 5.45. The molecule has 0 aromatic heterocycles. The first-order valence-corrected chi connectivity index (χ1v) is 8.83. The summed E-state index contributed by atoms with van der Waals surface area (Å²) in [7, 11) is 3.29. The lowest BCUT2D eigenvalue weighted by atomic mass is 9.72. The number of ether oxygens (including phenoxy) is 2. The maximum Gasteiger partial charge on any atom is 0.207 e. The number of fused-ring (bicyclic) bond motifs is 2. The van der Waals surface area contributed by atoms with E-state index < -0.39 is 5.41 Å². The summed E-state index contributed by atoms with van der Waals surface area (Å²) in [6, 6.07) is 4.17. The molecule has 0 saturated heterocycles. The minimum atomic E-state index is -0.779. The molecule has 4 heteroatoms. The molecule has 1 N–H and O–H groups in total. The highest BCUT2D eigenvalue weighted by Gasteiger charge is 2.38. The Bertz CT molecular complexity index is 949. The SMILES string of the molecule is COc1c(C(C)C)cc2cc3c(c(C)c2c1OC)C=C(O)C(=O)C3(C)C. The van der Waals surface area contributed by atoms with Crippen LogP contribution in [-0.2, 0) is 10.2 Å². The first-order chi connectivity index (χ1) is 12.1. The van der Waals surface area contributed by atoms with Crippen molar-refractivity contribution in [1.82, 2.24) is 0 Å². The van der Waals surface area contributed by atoms with E-state index in [1.807, 2.05) is 26.8 Å². The average Bonchev–Trinajstić information content (AvgIpc) is 2.59. The number of rotatable bonds is 3. The molecule has 138 valence electrons. The molecule has 0 atom stereocenters. The van der Waals surface area contributed by atoms with Gasteiger partial charge in [0.05, 0.1) is 19.6 Å². The van der Waals surface area contributed by atoms with Crippen LogP contribution in [0.4, 0.5) is 0 Å². The lowest BCUT2D eigenvalue weighted by Crippen LogP contribution is -2.34. The number of carbonyl (C=O) groups excluding carboxylic acids is 1. The van der Waals surface area contributed by atoms with Crippen LogP contribution in [0.25, 0.3) is 16.8 Å². The number of aliphatic hydroxyl groups is 1. The molecule has 26 heavy (non-hydrogen) atoms. The summed E-state index contributed by atoms with van der Waals surface area (Å²) in [4.78, 5) is 12.5. The molecule has 0 spiro atoms. The second-order valence-corrected chi connectivity index (χ2v) is 7.73. The van der Waals surface area contributed by atoms with Gasteiger partial charge in [0, 0.05) is 10.9 Å². The van der Waals surface area contributed by atoms with E-state index in [0.717, 1.165) is 38.8 Å². The first-order valence-electron chi connectivity index (χ1n) is 8.83. The summed E-state index contributed by atoms with van der Waals surface area (Å²) in [5, 5.41) is 12.1. The second kappa shape index (κ2) is 6.04. The van der Waals surface area contributed by atoms with Crippen LogP contribution >= 0.6 is 0 Å². The molecule has 0 aliphatic heterocycles. The lowest BCUT2D eigenvalue weighted by Gasteiger charge is -2.31. The number of hydrogen-bond donors (Lipinski definition) is 1. The number of allylic oxidation sites excluding steroid dienone is 1. The number of aliphatic hydroxyl groups excluding tert-OH is 1. The van der Waals surface area contributed by atoms with Gasteiger partial charge in [-0.05, 0) is 67.0 Å². The fourth-order valence-electron chi connectivity index (χ4n) is 3.93. The van der Waals surface area contributed by atoms with Gasteiger partial charge in [-0.1, -0.05) is 13.8 Å². The predicted molar refractivity (Wildman–Crippen MR) is 105 cm³/mol. The van der Waals surface area contributed by atoms with E-state index in [9.17, 15) is 9.90 Å². The van der Waals surface area contributed by atoms with E-state index in [2.05, 4.69) is 19.9 Å². The minimum Gasteiger partial charge on any atom is -0.504 e. The normalized spacial score (nSPS) is 15.8. The summed E-state index contributed by atoms with van der Waals surface area (Å²) < 4.78 is 11.4. The number of methoxy groups -OCH3 is 2. The first kappa shape index (κ1) is 18.3. The maximum atomic E-state index is 12.5. The molecule has 0 radical (unpaired) electrons. The fourth-order valence-corrected chi connectivity index (χ4v) is 3.93. The second-order valence-electron chi connectivity index (χ2n) is 7.73. The minimum absolute atomic E-state index is 0.199. The summed E-state index contributed by atoms with van der Waals surface area (Å²) in [6.07, 6.45) is 1.57. The Morgan fingerprint density at radius 1 is 1.08 bits per heavy atom. The van der Waals surface area contributed by atoms with Crippen LogP contribution < -0.4 is 9.47 Å². The van der Waals surface area contributed by atoms with Crippen molar-refractivity contribution >= 4 is 22.6 Å². The molecule has 0 unspecified atom stereocenters. The van der Waals surface area contributed by atoms with Gasteiger partial charge in [-0.25, -0.2) is 0 Å². The van der Waals surface area contributed by atoms with Gasteiger partial charge in [0.25, 0.3) is 0 Å². The number of benzene rings is 2. The molecule has 0 amide bonds. The molecule has 0 heterocycles. The Hall–Kier alpha value is -2.49. The molecule has 0 fully saturated rings. The van der Waals surface area contributed by atoms with Crippen molar-refractivity contribution in [2.45, 2.75) is 46.0 Å². The number of aryl methyl sites for hydroxylation is 1. The molecule has 2 aromatic carbocycles. The van der Waals surface area contributed by atoms with Gasteiger partial charge in [-0.3, -0.25) is 4.79 Å². The fraction of sp³-hybridized carbons (Fsp3) is 0.409. The average molecular weight is 354 g/mol. The van der Waals surface area contributed by atoms with Crippen LogP contribution in [0.1, 0.15) is 55.9 Å². The van der Waals surface area contributed by atoms with Crippen molar-refractivity contribution in [2.24, 2.45) is 0 Å². The molecule has 4 nitrogen and oxygen atoms in total. The molecular weight excluding hydrogens is 328 g/mol. The smallest absolute Gasteiger partial charge is 0.207 e. The van der Waals surface area contributed by atoms with E-state index in [1.54, 1.807) is 20.3 Å². The van der Waals surface area contributed by atoms with Crippen LogP contribution in [0.3, 0.4) is 0 Å². The summed E-state index contributed by atoms with van der Waals surface area (Å²) in [5.41, 5.74) is 3.05. The maximum absolute atomic E-state index is 12.5. The van der Waals surface area contributed by atoms with Crippen molar-refractivity contribution in [2.75, 3.05) is 14.2 Å². The largest absolute Gasteiger partial charge is 0.504 e. The van der Waals surface area contributed by atoms with Gasteiger partial charge in [-0.15, -0.1) is 0 Å². The third kappa shape index (κ3) is 2.39. The van der Waals surface area contributed by atoms with Crippen LogP contribution in [-0.4, -0.2) is 25.1 Å². The van der Waals surface area contributed by atoms with E-state index >= 15 is 0 Å². The van der Waals surface area contributed by atoms with Crippen LogP contribution in [0.15, 0.2) is 17.9 Å². The Kier molecular flexibility index (Phi) is 4.26. The lowest BCUT2D eigenvalue weighted by molar-refractivity contribution is -0.122. The van der Waals surface area contributed by atoms with Crippen molar-refractivity contribution in [3.05, 3.63) is 40.1 Å². The highest BCUT2D eigenvalue weighted by atomic mass is 16.5. The van der Waals surface area contributed by atoms with E-state index in [1.165, 1.54) is 0 Å². The topological polar surface area (TPSA) is 55.8 Å². The third-order valence-corrected chi connectivity index (χ3v) is 5.45. The number of ketones is 1. The van der Waals surface area contributed by atoms with Gasteiger partial charge in [0.2, 0.25) is 5.78 Å². The molecule has 1 aliphatic rings. The van der Waals surface area contributed by atoms with Crippen molar-refractivity contribution in [1.29, 1.82) is 0 Å². The van der Waals surface area contributed by atoms with Gasteiger partial charge in [0.1, 0.15) is 0 Å². The zero-order valence-electron chi connectivity index (χ0n) is 16.5. The molecule has 3 rings (SSSR count). The van der Waals surface area contributed by atoms with E-state index in [-0.39, 0.29) is 17.5 Å². The van der Waals surface area contributed by atoms with E-state index in [0.29, 0.717) is 5.75 Å². The zero-order valence-corrected chi connectivity index (χ0v) is 16.5. The zero-order chi connectivity index (χ0) is 19.4. The summed E-state index contributed by atoms with van der Waals surface area (Å²) in [5.74, 6) is 1.23. The van der Waals surface area contributed by atoms with Crippen molar-refractivity contribution in [3.8, 4) is 11.5 Å². The quantitative estimate of drug-likeness (QED) is 0.838. The monoisotopic (exact) mass is 354 g/mol. The summed E-state index contributed by atoms with van der Waals surface area (Å²) >= 11 is 0. The van der Waals surface area contributed by atoms with Gasteiger partial charge >= 0.3 is 0 Å².